The number of methoxy groups -OCH3 is 1. The quantitative estimate of drug-likeness (QED) is 0.413. The number of benzene rings is 1. The Kier molecular flexibility index (Phi) is 6.27. The lowest BCUT2D eigenvalue weighted by molar-refractivity contribution is -0.113. The molecule has 3 aromatic rings. The predicted octanol–water partition coefficient (Wildman–Crippen LogP) is 2.28. The average molecular weight is 455 g/mol. The topological polar surface area (TPSA) is 133 Å². The number of carbonyl (C=O) groups excluding carboxylic acids is 2. The van der Waals surface area contributed by atoms with Crippen molar-refractivity contribution in [1.29, 1.82) is 0 Å². The molecule has 3 N–H and O–H groups in total. The predicted molar refractivity (Wildman–Crippen MR) is 112 cm³/mol. The van der Waals surface area contributed by atoms with E-state index in [1.165, 1.54) is 42.3 Å². The van der Waals surface area contributed by atoms with Gasteiger partial charge < -0.3 is 14.6 Å². The van der Waals surface area contributed by atoms with Crippen molar-refractivity contribution in [3.8, 4) is 0 Å². The number of primary sulfonamides is 1. The molecular formula is C17H18N4O5S3. The molecule has 0 radical (unpaired) electrons. The van der Waals surface area contributed by atoms with Gasteiger partial charge in [0.2, 0.25) is 15.9 Å². The molecule has 12 heteroatoms. The van der Waals surface area contributed by atoms with Crippen molar-refractivity contribution in [3.63, 3.8) is 0 Å². The second kappa shape index (κ2) is 8.53. The Morgan fingerprint density at radius 1 is 1.34 bits per heavy atom. The molecule has 1 amide bonds. The molecule has 3 rings (SSSR count). The van der Waals surface area contributed by atoms with Gasteiger partial charge >= 0.3 is 5.97 Å². The number of thioether (sulfide) groups is 1. The van der Waals surface area contributed by atoms with Crippen LogP contribution < -0.4 is 10.5 Å². The van der Waals surface area contributed by atoms with Crippen molar-refractivity contribution in [2.45, 2.75) is 23.5 Å². The molecule has 1 aromatic carbocycles. The molecule has 0 spiro atoms. The first-order valence-corrected chi connectivity index (χ1v) is 11.8. The third-order valence-electron chi connectivity index (χ3n) is 3.97. The number of anilines is 1. The van der Waals surface area contributed by atoms with Crippen LogP contribution in [-0.2, 0) is 26.1 Å². The van der Waals surface area contributed by atoms with Gasteiger partial charge in [-0.2, -0.15) is 0 Å². The van der Waals surface area contributed by atoms with Gasteiger partial charge in [0, 0.05) is 6.54 Å². The van der Waals surface area contributed by atoms with Crippen LogP contribution in [0.3, 0.4) is 0 Å². The third-order valence-corrected chi connectivity index (χ3v) is 6.75. The molecule has 2 heterocycles. The van der Waals surface area contributed by atoms with Gasteiger partial charge in [-0.15, -0.1) is 11.3 Å². The van der Waals surface area contributed by atoms with Crippen LogP contribution in [0.15, 0.2) is 39.7 Å². The Labute approximate surface area is 175 Å². The maximum Gasteiger partial charge on any atom is 0.350 e. The zero-order chi connectivity index (χ0) is 21.2. The Morgan fingerprint density at radius 3 is 2.76 bits per heavy atom. The highest BCUT2D eigenvalue weighted by molar-refractivity contribution is 7.99. The fourth-order valence-electron chi connectivity index (χ4n) is 2.66. The number of hydrogen-bond donors (Lipinski definition) is 2. The Hall–Kier alpha value is -2.41. The SMILES string of the molecule is CCn1c(SCC(=O)Nc2ccsc2C(=O)OC)nc2cc(S(N)(=O)=O)ccc21. The van der Waals surface area contributed by atoms with Crippen LogP contribution in [0.1, 0.15) is 16.6 Å². The van der Waals surface area contributed by atoms with E-state index in [0.717, 1.165) is 5.52 Å². The van der Waals surface area contributed by atoms with E-state index >= 15 is 0 Å². The zero-order valence-electron chi connectivity index (χ0n) is 15.5. The molecule has 0 aliphatic heterocycles. The number of ether oxygens (including phenoxy) is 1. The first-order chi connectivity index (χ1) is 13.7. The molecule has 0 aliphatic carbocycles. The van der Waals surface area contributed by atoms with Gasteiger partial charge in [0.15, 0.2) is 5.16 Å². The first kappa shape index (κ1) is 21.3. The van der Waals surface area contributed by atoms with Crippen LogP contribution in [0.25, 0.3) is 11.0 Å². The maximum atomic E-state index is 12.3. The summed E-state index contributed by atoms with van der Waals surface area (Å²) in [6.07, 6.45) is 0. The molecule has 0 fully saturated rings. The van der Waals surface area contributed by atoms with Gasteiger partial charge in [0.1, 0.15) is 4.88 Å². The third kappa shape index (κ3) is 4.61. The number of aryl methyl sites for hydroxylation is 1. The highest BCUT2D eigenvalue weighted by atomic mass is 32.2. The normalized spacial score (nSPS) is 11.6. The number of sulfonamides is 1. The number of nitrogens with two attached hydrogens (primary N) is 1. The number of esters is 1. The standard InChI is InChI=1S/C17H18N4O5S3/c1-3-21-13-5-4-10(29(18,24)25)8-12(13)20-17(21)28-9-14(22)19-11-6-7-27-15(11)16(23)26-2/h4-8H,3,9H2,1-2H3,(H,19,22)(H2,18,24,25). The highest BCUT2D eigenvalue weighted by Gasteiger charge is 2.18. The summed E-state index contributed by atoms with van der Waals surface area (Å²) in [7, 11) is -2.55. The van der Waals surface area contributed by atoms with Gasteiger partial charge in [-0.3, -0.25) is 4.79 Å². The minimum Gasteiger partial charge on any atom is -0.465 e. The summed E-state index contributed by atoms with van der Waals surface area (Å²) < 4.78 is 29.7. The molecule has 0 bridgehead atoms. The van der Waals surface area contributed by atoms with Crippen molar-refractivity contribution >= 4 is 61.7 Å². The van der Waals surface area contributed by atoms with E-state index in [9.17, 15) is 18.0 Å². The largest absolute Gasteiger partial charge is 0.465 e. The number of thiophene rings is 1. The van der Waals surface area contributed by atoms with Crippen LogP contribution in [0.2, 0.25) is 0 Å². The lowest BCUT2D eigenvalue weighted by atomic mass is 10.3. The molecule has 9 nitrogen and oxygen atoms in total. The number of aromatic nitrogens is 2. The summed E-state index contributed by atoms with van der Waals surface area (Å²) in [5.74, 6) is -0.762. The van der Waals surface area contributed by atoms with E-state index in [2.05, 4.69) is 10.3 Å². The monoisotopic (exact) mass is 454 g/mol. The van der Waals surface area contributed by atoms with E-state index in [1.807, 2.05) is 11.5 Å². The summed E-state index contributed by atoms with van der Waals surface area (Å²) >= 11 is 2.39. The van der Waals surface area contributed by atoms with E-state index < -0.39 is 16.0 Å². The number of fused-ring (bicyclic) bond motifs is 1. The van der Waals surface area contributed by atoms with Crippen LogP contribution in [-0.4, -0.2) is 42.7 Å². The number of nitrogens with one attached hydrogen (secondary N) is 1. The fourth-order valence-corrected chi connectivity index (χ4v) is 4.83. The maximum absolute atomic E-state index is 12.3. The molecule has 0 atom stereocenters. The van der Waals surface area contributed by atoms with Crippen LogP contribution >= 0.6 is 23.1 Å². The Balaban J connectivity index is 1.77. The molecule has 0 aliphatic rings. The number of rotatable bonds is 7. The number of carbonyl (C=O) groups is 2. The molecule has 154 valence electrons. The molecule has 0 saturated carbocycles. The van der Waals surface area contributed by atoms with Gasteiger partial charge in [0.05, 0.1) is 34.5 Å². The average Bonchev–Trinajstić information content (AvgIpc) is 3.28. The summed E-state index contributed by atoms with van der Waals surface area (Å²) in [4.78, 5) is 28.8. The smallest absolute Gasteiger partial charge is 0.350 e. The van der Waals surface area contributed by atoms with Crippen molar-refractivity contribution in [2.75, 3.05) is 18.2 Å². The molecule has 0 saturated heterocycles. The number of hydrogen-bond acceptors (Lipinski definition) is 8. The van der Waals surface area contributed by atoms with Gasteiger partial charge in [0.25, 0.3) is 0 Å². The molecule has 29 heavy (non-hydrogen) atoms. The highest BCUT2D eigenvalue weighted by Crippen LogP contribution is 2.27. The second-order valence-corrected chi connectivity index (χ2v) is 9.25. The van der Waals surface area contributed by atoms with Crippen molar-refractivity contribution in [3.05, 3.63) is 34.5 Å². The van der Waals surface area contributed by atoms with Crippen molar-refractivity contribution in [2.24, 2.45) is 5.14 Å². The molecule has 2 aromatic heterocycles. The fraction of sp³-hybridized carbons (Fsp3) is 0.235. The number of imidazole rings is 1. The number of nitrogens with zero attached hydrogens (tertiary/aromatic N) is 2. The minimum atomic E-state index is -3.83. The second-order valence-electron chi connectivity index (χ2n) is 5.83. The van der Waals surface area contributed by atoms with Crippen molar-refractivity contribution < 1.29 is 22.7 Å². The Bertz CT molecular complexity index is 1180. The number of amides is 1. The molecular weight excluding hydrogens is 436 g/mol. The van der Waals surface area contributed by atoms with E-state index in [1.54, 1.807) is 17.5 Å². The molecule has 0 unspecified atom stereocenters. The zero-order valence-corrected chi connectivity index (χ0v) is 18.0. The van der Waals surface area contributed by atoms with Crippen LogP contribution in [0, 0.1) is 0 Å². The van der Waals surface area contributed by atoms with E-state index in [-0.39, 0.29) is 16.6 Å². The van der Waals surface area contributed by atoms with Crippen LogP contribution in [0.4, 0.5) is 5.69 Å². The minimum absolute atomic E-state index is 0.0205. The van der Waals surface area contributed by atoms with E-state index in [0.29, 0.717) is 27.8 Å². The lowest BCUT2D eigenvalue weighted by Crippen LogP contribution is -2.16. The van der Waals surface area contributed by atoms with Gasteiger partial charge in [-0.1, -0.05) is 11.8 Å². The summed E-state index contributed by atoms with van der Waals surface area (Å²) in [6, 6.07) is 6.12. The van der Waals surface area contributed by atoms with Gasteiger partial charge in [-0.05, 0) is 36.6 Å². The lowest BCUT2D eigenvalue weighted by Gasteiger charge is -2.07. The van der Waals surface area contributed by atoms with Crippen LogP contribution in [0.5, 0.6) is 0 Å². The summed E-state index contributed by atoms with van der Waals surface area (Å²) in [5.41, 5.74) is 1.62. The first-order valence-electron chi connectivity index (χ1n) is 8.36. The van der Waals surface area contributed by atoms with Crippen molar-refractivity contribution in [1.82, 2.24) is 9.55 Å². The summed E-state index contributed by atoms with van der Waals surface area (Å²) in [6.45, 7) is 2.51. The summed E-state index contributed by atoms with van der Waals surface area (Å²) in [5, 5.41) is 10.1. The van der Waals surface area contributed by atoms with Gasteiger partial charge in [-0.25, -0.2) is 23.3 Å². The van der Waals surface area contributed by atoms with E-state index in [4.69, 9.17) is 9.88 Å². The Morgan fingerprint density at radius 2 is 2.10 bits per heavy atom.